The smallest absolute Gasteiger partial charge is 0.185 e. The van der Waals surface area contributed by atoms with Gasteiger partial charge in [-0.05, 0) is 24.7 Å². The molecule has 0 aliphatic heterocycles. The van der Waals surface area contributed by atoms with Crippen molar-refractivity contribution in [2.45, 2.75) is 52.9 Å². The first-order valence-electron chi connectivity index (χ1n) is 6.27. The first-order chi connectivity index (χ1) is 7.22. The highest BCUT2D eigenvalue weighted by molar-refractivity contribution is 5.75. The third-order valence-corrected chi connectivity index (χ3v) is 3.08. The maximum absolute atomic E-state index is 5.29. The van der Waals surface area contributed by atoms with Crippen LogP contribution in [0.2, 0.25) is 0 Å². The summed E-state index contributed by atoms with van der Waals surface area (Å²) in [6.07, 6.45) is 6.65. The van der Waals surface area contributed by atoms with E-state index in [-0.39, 0.29) is 5.96 Å². The van der Waals surface area contributed by atoms with Crippen LogP contribution in [-0.4, -0.2) is 12.5 Å². The lowest BCUT2D eigenvalue weighted by atomic mass is 9.81. The summed E-state index contributed by atoms with van der Waals surface area (Å²) in [7, 11) is 0. The average molecular weight is 213 g/mol. The molecule has 4 N–H and O–H groups in total. The molecule has 0 unspecified atom stereocenters. The molecule has 0 saturated heterocycles. The molecule has 3 nitrogen and oxygen atoms in total. The number of rotatable bonds is 3. The average Bonchev–Trinajstić information content (AvgIpc) is 2.30. The van der Waals surface area contributed by atoms with Gasteiger partial charge in [0.25, 0.3) is 0 Å². The Morgan fingerprint density at radius 2 is 1.53 bits per heavy atom. The van der Waals surface area contributed by atoms with E-state index < -0.39 is 0 Å². The zero-order chi connectivity index (χ0) is 11.7. The van der Waals surface area contributed by atoms with Crippen molar-refractivity contribution in [3.63, 3.8) is 0 Å². The standard InChI is InChI=1S/C10H21N3.C2H6/c1-2-8-3-5-9(6-4-8)7-13-10(11)12;1-2/h8-9H,2-7H2,1H3,(H4,11,12,13);1-2H3. The zero-order valence-corrected chi connectivity index (χ0v) is 10.5. The van der Waals surface area contributed by atoms with E-state index in [1.807, 2.05) is 13.8 Å². The second kappa shape index (κ2) is 8.57. The maximum Gasteiger partial charge on any atom is 0.185 e. The van der Waals surface area contributed by atoms with Gasteiger partial charge in [-0.1, -0.05) is 40.0 Å². The minimum absolute atomic E-state index is 0.234. The van der Waals surface area contributed by atoms with Crippen LogP contribution in [0.3, 0.4) is 0 Å². The predicted octanol–water partition coefficient (Wildman–Crippen LogP) is 2.50. The van der Waals surface area contributed by atoms with Crippen LogP contribution in [0.5, 0.6) is 0 Å². The van der Waals surface area contributed by atoms with Crippen LogP contribution in [0.25, 0.3) is 0 Å². The second-order valence-electron chi connectivity index (χ2n) is 4.06. The minimum atomic E-state index is 0.234. The molecule has 1 aliphatic rings. The minimum Gasteiger partial charge on any atom is -0.370 e. The fourth-order valence-corrected chi connectivity index (χ4v) is 2.06. The second-order valence-corrected chi connectivity index (χ2v) is 4.06. The number of nitrogens with zero attached hydrogens (tertiary/aromatic N) is 1. The monoisotopic (exact) mass is 213 g/mol. The topological polar surface area (TPSA) is 64.4 Å². The summed E-state index contributed by atoms with van der Waals surface area (Å²) < 4.78 is 0. The number of nitrogens with two attached hydrogens (primary N) is 2. The Morgan fingerprint density at radius 1 is 1.07 bits per heavy atom. The predicted molar refractivity (Wildman–Crippen MR) is 67.8 cm³/mol. The molecule has 90 valence electrons. The van der Waals surface area contributed by atoms with Gasteiger partial charge in [-0.2, -0.15) is 0 Å². The molecule has 1 aliphatic carbocycles. The van der Waals surface area contributed by atoms with Gasteiger partial charge in [-0.3, -0.25) is 4.99 Å². The van der Waals surface area contributed by atoms with Gasteiger partial charge < -0.3 is 11.5 Å². The lowest BCUT2D eigenvalue weighted by molar-refractivity contribution is 0.274. The molecule has 1 rings (SSSR count). The van der Waals surface area contributed by atoms with Crippen molar-refractivity contribution in [3.05, 3.63) is 0 Å². The molecule has 0 radical (unpaired) electrons. The van der Waals surface area contributed by atoms with Crippen LogP contribution in [0, 0.1) is 11.8 Å². The summed E-state index contributed by atoms with van der Waals surface area (Å²) in [5.41, 5.74) is 10.6. The van der Waals surface area contributed by atoms with Crippen LogP contribution in [0.15, 0.2) is 4.99 Å². The molecule has 0 spiro atoms. The summed E-state index contributed by atoms with van der Waals surface area (Å²) in [5, 5.41) is 0. The van der Waals surface area contributed by atoms with Crippen LogP contribution < -0.4 is 11.5 Å². The van der Waals surface area contributed by atoms with Gasteiger partial charge in [0.1, 0.15) is 0 Å². The summed E-state index contributed by atoms with van der Waals surface area (Å²) in [4.78, 5) is 4.07. The first kappa shape index (κ1) is 14.3. The molecule has 0 aromatic rings. The van der Waals surface area contributed by atoms with Crippen molar-refractivity contribution in [1.29, 1.82) is 0 Å². The normalized spacial score (nSPS) is 25.0. The van der Waals surface area contributed by atoms with Gasteiger partial charge in [0, 0.05) is 6.54 Å². The van der Waals surface area contributed by atoms with Crippen molar-refractivity contribution in [3.8, 4) is 0 Å². The molecule has 0 amide bonds. The Balaban J connectivity index is 0.000000921. The molecule has 0 atom stereocenters. The third kappa shape index (κ3) is 6.37. The summed E-state index contributed by atoms with van der Waals surface area (Å²) in [5.74, 6) is 1.91. The van der Waals surface area contributed by atoms with Crippen LogP contribution >= 0.6 is 0 Å². The van der Waals surface area contributed by atoms with Gasteiger partial charge in [-0.15, -0.1) is 0 Å². The lowest BCUT2D eigenvalue weighted by Crippen LogP contribution is -2.25. The molecule has 1 fully saturated rings. The number of hydrogen-bond acceptors (Lipinski definition) is 1. The molecule has 3 heteroatoms. The van der Waals surface area contributed by atoms with Crippen molar-refractivity contribution >= 4 is 5.96 Å². The molecule has 0 aromatic heterocycles. The van der Waals surface area contributed by atoms with Crippen molar-refractivity contribution in [2.75, 3.05) is 6.54 Å². The quantitative estimate of drug-likeness (QED) is 0.559. The zero-order valence-electron chi connectivity index (χ0n) is 10.5. The number of aliphatic imine (C=N–C) groups is 1. The number of hydrogen-bond donors (Lipinski definition) is 2. The Bertz CT molecular complexity index is 166. The highest BCUT2D eigenvalue weighted by atomic mass is 15.0. The maximum atomic E-state index is 5.29. The van der Waals surface area contributed by atoms with Crippen LogP contribution in [-0.2, 0) is 0 Å². The van der Waals surface area contributed by atoms with E-state index in [4.69, 9.17) is 11.5 Å². The Labute approximate surface area is 94.3 Å². The van der Waals surface area contributed by atoms with Crippen molar-refractivity contribution < 1.29 is 0 Å². The summed E-state index contributed by atoms with van der Waals surface area (Å²) in [6.45, 7) is 7.11. The van der Waals surface area contributed by atoms with E-state index in [0.29, 0.717) is 0 Å². The summed E-state index contributed by atoms with van der Waals surface area (Å²) >= 11 is 0. The molecule has 0 bridgehead atoms. The molecule has 0 heterocycles. The highest BCUT2D eigenvalue weighted by Gasteiger charge is 2.19. The van der Waals surface area contributed by atoms with E-state index in [1.165, 1.54) is 32.1 Å². The van der Waals surface area contributed by atoms with Gasteiger partial charge in [0.2, 0.25) is 0 Å². The van der Waals surface area contributed by atoms with E-state index in [1.54, 1.807) is 0 Å². The Hall–Kier alpha value is -0.730. The van der Waals surface area contributed by atoms with Crippen molar-refractivity contribution in [2.24, 2.45) is 28.3 Å². The van der Waals surface area contributed by atoms with Gasteiger partial charge >= 0.3 is 0 Å². The van der Waals surface area contributed by atoms with E-state index >= 15 is 0 Å². The van der Waals surface area contributed by atoms with E-state index in [0.717, 1.165) is 18.4 Å². The first-order valence-corrected chi connectivity index (χ1v) is 6.27. The molecule has 15 heavy (non-hydrogen) atoms. The van der Waals surface area contributed by atoms with Gasteiger partial charge in [-0.25, -0.2) is 0 Å². The Kier molecular flexibility index (Phi) is 8.15. The van der Waals surface area contributed by atoms with E-state index in [2.05, 4.69) is 11.9 Å². The molecular weight excluding hydrogens is 186 g/mol. The fourth-order valence-electron chi connectivity index (χ4n) is 2.06. The van der Waals surface area contributed by atoms with E-state index in [9.17, 15) is 0 Å². The summed E-state index contributed by atoms with van der Waals surface area (Å²) in [6, 6.07) is 0. The van der Waals surface area contributed by atoms with Gasteiger partial charge in [0.05, 0.1) is 0 Å². The molecular formula is C12H27N3. The SMILES string of the molecule is CC.CCC1CCC(CN=C(N)N)CC1. The fraction of sp³-hybridized carbons (Fsp3) is 0.917. The van der Waals surface area contributed by atoms with Crippen LogP contribution in [0.1, 0.15) is 52.9 Å². The number of guanidine groups is 1. The molecule has 0 aromatic carbocycles. The largest absolute Gasteiger partial charge is 0.370 e. The third-order valence-electron chi connectivity index (χ3n) is 3.08. The van der Waals surface area contributed by atoms with Crippen LogP contribution in [0.4, 0.5) is 0 Å². The van der Waals surface area contributed by atoms with Gasteiger partial charge in [0.15, 0.2) is 5.96 Å². The Morgan fingerprint density at radius 3 is 1.93 bits per heavy atom. The highest BCUT2D eigenvalue weighted by Crippen LogP contribution is 2.30. The van der Waals surface area contributed by atoms with Crippen molar-refractivity contribution in [1.82, 2.24) is 0 Å². The lowest BCUT2D eigenvalue weighted by Gasteiger charge is -2.26. The molecule has 1 saturated carbocycles.